The van der Waals surface area contributed by atoms with Crippen LogP contribution >= 0.6 is 0 Å². The van der Waals surface area contributed by atoms with E-state index in [9.17, 15) is 4.79 Å². The molecule has 0 rings (SSSR count). The zero-order chi connectivity index (χ0) is 11.7. The summed E-state index contributed by atoms with van der Waals surface area (Å²) in [5, 5.41) is 0. The van der Waals surface area contributed by atoms with Crippen molar-refractivity contribution in [3.8, 4) is 0 Å². The Bertz CT molecular complexity index is 285. The number of hydrogen-bond donors (Lipinski definition) is 0. The Labute approximate surface area is 91.1 Å². The largest absolute Gasteiger partial charge is 0.496 e. The van der Waals surface area contributed by atoms with Gasteiger partial charge < -0.3 is 9.47 Å². The lowest BCUT2D eigenvalue weighted by Crippen LogP contribution is -2.06. The molecule has 0 radical (unpaired) electrons. The quantitative estimate of drug-likeness (QED) is 0.303. The summed E-state index contributed by atoms with van der Waals surface area (Å²) in [4.78, 5) is 11.4. The van der Waals surface area contributed by atoms with Gasteiger partial charge in [-0.15, -0.1) is 0 Å². The van der Waals surface area contributed by atoms with Crippen LogP contribution in [0.25, 0.3) is 0 Å². The monoisotopic (exact) mass is 210 g/mol. The van der Waals surface area contributed by atoms with Gasteiger partial charge in [0.2, 0.25) is 0 Å². The highest BCUT2D eigenvalue weighted by molar-refractivity contribution is 5.92. The lowest BCUT2D eigenvalue weighted by Gasteiger charge is -2.06. The van der Waals surface area contributed by atoms with Crippen LogP contribution in [0.2, 0.25) is 0 Å². The zero-order valence-electron chi connectivity index (χ0n) is 9.74. The van der Waals surface area contributed by atoms with E-state index in [2.05, 4.69) is 4.74 Å². The molecule has 0 atom stereocenters. The Hall–Kier alpha value is -1.51. The summed E-state index contributed by atoms with van der Waals surface area (Å²) in [7, 11) is 2.88. The summed E-state index contributed by atoms with van der Waals surface area (Å²) in [6.07, 6.45) is 8.02. The molecular formula is C12H18O3. The first-order valence-electron chi connectivity index (χ1n) is 4.87. The van der Waals surface area contributed by atoms with Gasteiger partial charge in [0.25, 0.3) is 0 Å². The van der Waals surface area contributed by atoms with Crippen LogP contribution in [0.4, 0.5) is 0 Å². The summed E-state index contributed by atoms with van der Waals surface area (Å²) in [5.74, 6) is 0.118. The molecule has 0 aromatic rings. The van der Waals surface area contributed by atoms with Gasteiger partial charge in [0.1, 0.15) is 11.3 Å². The van der Waals surface area contributed by atoms with Crippen LogP contribution in [0.15, 0.2) is 35.6 Å². The van der Waals surface area contributed by atoms with Crippen LogP contribution in [0.5, 0.6) is 0 Å². The topological polar surface area (TPSA) is 35.5 Å². The SMILES string of the molecule is C\C=C/C(C(=O)OC)=C(\C=C\CC)OC. The average molecular weight is 210 g/mol. The van der Waals surface area contributed by atoms with Gasteiger partial charge in [0.05, 0.1) is 14.2 Å². The van der Waals surface area contributed by atoms with E-state index in [1.54, 1.807) is 18.2 Å². The molecule has 0 aromatic heterocycles. The highest BCUT2D eigenvalue weighted by atomic mass is 16.5. The number of carbonyl (C=O) groups is 1. The Morgan fingerprint density at radius 2 is 1.87 bits per heavy atom. The molecule has 0 unspecified atom stereocenters. The van der Waals surface area contributed by atoms with Gasteiger partial charge in [-0.3, -0.25) is 0 Å². The molecule has 0 bridgehead atoms. The van der Waals surface area contributed by atoms with E-state index in [0.29, 0.717) is 11.3 Å². The van der Waals surface area contributed by atoms with Crippen molar-refractivity contribution in [1.82, 2.24) is 0 Å². The molecule has 0 N–H and O–H groups in total. The normalized spacial score (nSPS) is 13.1. The molecule has 0 saturated carbocycles. The summed E-state index contributed by atoms with van der Waals surface area (Å²) >= 11 is 0. The molecule has 0 amide bonds. The molecule has 0 aliphatic rings. The predicted molar refractivity (Wildman–Crippen MR) is 60.3 cm³/mol. The van der Waals surface area contributed by atoms with Crippen molar-refractivity contribution in [1.29, 1.82) is 0 Å². The molecule has 3 heteroatoms. The fourth-order valence-corrected chi connectivity index (χ4v) is 1.02. The average Bonchev–Trinajstić information content (AvgIpc) is 2.27. The van der Waals surface area contributed by atoms with E-state index in [1.807, 2.05) is 19.9 Å². The van der Waals surface area contributed by atoms with Crippen molar-refractivity contribution < 1.29 is 14.3 Å². The Balaban J connectivity index is 5.17. The number of allylic oxidation sites excluding steroid dienone is 3. The van der Waals surface area contributed by atoms with Crippen LogP contribution in [0.3, 0.4) is 0 Å². The number of hydrogen-bond acceptors (Lipinski definition) is 3. The Morgan fingerprint density at radius 1 is 1.20 bits per heavy atom. The fraction of sp³-hybridized carbons (Fsp3) is 0.417. The number of carbonyl (C=O) groups excluding carboxylic acids is 1. The third-order valence-electron chi connectivity index (χ3n) is 1.73. The van der Waals surface area contributed by atoms with E-state index in [4.69, 9.17) is 4.74 Å². The second kappa shape index (κ2) is 7.85. The van der Waals surface area contributed by atoms with Gasteiger partial charge in [-0.1, -0.05) is 19.1 Å². The number of esters is 1. The van der Waals surface area contributed by atoms with E-state index in [0.717, 1.165) is 6.42 Å². The van der Waals surface area contributed by atoms with Crippen LogP contribution < -0.4 is 0 Å². The second-order valence-electron chi connectivity index (χ2n) is 2.78. The van der Waals surface area contributed by atoms with E-state index >= 15 is 0 Å². The van der Waals surface area contributed by atoms with Crippen molar-refractivity contribution in [2.24, 2.45) is 0 Å². The molecular weight excluding hydrogens is 192 g/mol. The van der Waals surface area contributed by atoms with Gasteiger partial charge in [0.15, 0.2) is 0 Å². The standard InChI is InChI=1S/C12H18O3/c1-5-7-9-11(14-3)10(8-6-2)12(13)15-4/h6-9H,5H2,1-4H3/b8-6-,9-7+,11-10-. The van der Waals surface area contributed by atoms with Crippen molar-refractivity contribution in [2.45, 2.75) is 20.3 Å². The van der Waals surface area contributed by atoms with Crippen molar-refractivity contribution in [3.63, 3.8) is 0 Å². The lowest BCUT2D eigenvalue weighted by molar-refractivity contribution is -0.135. The highest BCUT2D eigenvalue weighted by Crippen LogP contribution is 2.11. The van der Waals surface area contributed by atoms with E-state index < -0.39 is 5.97 Å². The molecule has 0 aliphatic carbocycles. The van der Waals surface area contributed by atoms with Gasteiger partial charge in [0, 0.05) is 0 Å². The molecule has 0 saturated heterocycles. The molecule has 0 heterocycles. The number of ether oxygens (including phenoxy) is 2. The lowest BCUT2D eigenvalue weighted by atomic mass is 10.2. The maximum Gasteiger partial charge on any atom is 0.341 e. The van der Waals surface area contributed by atoms with Crippen molar-refractivity contribution >= 4 is 5.97 Å². The van der Waals surface area contributed by atoms with Gasteiger partial charge >= 0.3 is 5.97 Å². The van der Waals surface area contributed by atoms with Crippen molar-refractivity contribution in [2.75, 3.05) is 14.2 Å². The third-order valence-corrected chi connectivity index (χ3v) is 1.73. The molecule has 84 valence electrons. The van der Waals surface area contributed by atoms with Gasteiger partial charge in [-0.2, -0.15) is 0 Å². The zero-order valence-corrected chi connectivity index (χ0v) is 9.74. The second-order valence-corrected chi connectivity index (χ2v) is 2.78. The smallest absolute Gasteiger partial charge is 0.341 e. The number of methoxy groups -OCH3 is 2. The fourth-order valence-electron chi connectivity index (χ4n) is 1.02. The molecule has 0 aromatic carbocycles. The van der Waals surface area contributed by atoms with E-state index in [1.165, 1.54) is 14.2 Å². The summed E-state index contributed by atoms with van der Waals surface area (Å²) in [6, 6.07) is 0. The van der Waals surface area contributed by atoms with Crippen LogP contribution in [0.1, 0.15) is 20.3 Å². The molecule has 0 fully saturated rings. The number of rotatable bonds is 5. The van der Waals surface area contributed by atoms with Crippen LogP contribution in [-0.2, 0) is 14.3 Å². The first-order chi connectivity index (χ1) is 7.21. The van der Waals surface area contributed by atoms with Crippen LogP contribution in [-0.4, -0.2) is 20.2 Å². The first kappa shape index (κ1) is 13.5. The Morgan fingerprint density at radius 3 is 2.27 bits per heavy atom. The molecule has 15 heavy (non-hydrogen) atoms. The van der Waals surface area contributed by atoms with E-state index in [-0.39, 0.29) is 0 Å². The van der Waals surface area contributed by atoms with Gasteiger partial charge in [-0.05, 0) is 25.5 Å². The Kier molecular flexibility index (Phi) is 7.06. The highest BCUT2D eigenvalue weighted by Gasteiger charge is 2.11. The predicted octanol–water partition coefficient (Wildman–Crippen LogP) is 2.60. The summed E-state index contributed by atoms with van der Waals surface area (Å²) in [5.41, 5.74) is 0.423. The molecule has 3 nitrogen and oxygen atoms in total. The van der Waals surface area contributed by atoms with Crippen LogP contribution in [0, 0.1) is 0 Å². The minimum Gasteiger partial charge on any atom is -0.496 e. The van der Waals surface area contributed by atoms with Crippen molar-refractivity contribution in [3.05, 3.63) is 35.6 Å². The molecule has 0 aliphatic heterocycles. The summed E-state index contributed by atoms with van der Waals surface area (Å²) < 4.78 is 9.80. The molecule has 0 spiro atoms. The van der Waals surface area contributed by atoms with Gasteiger partial charge in [-0.25, -0.2) is 4.79 Å². The maximum atomic E-state index is 11.4. The third kappa shape index (κ3) is 4.49. The summed E-state index contributed by atoms with van der Waals surface area (Å²) in [6.45, 7) is 3.84. The first-order valence-corrected chi connectivity index (χ1v) is 4.87. The minimum absolute atomic E-state index is 0.397. The minimum atomic E-state index is -0.397. The maximum absolute atomic E-state index is 11.4.